The summed E-state index contributed by atoms with van der Waals surface area (Å²) in [6.45, 7) is 3.30. The molecule has 2 N–H and O–H groups in total. The van der Waals surface area contributed by atoms with E-state index in [0.29, 0.717) is 5.92 Å². The summed E-state index contributed by atoms with van der Waals surface area (Å²) >= 11 is 3.54. The number of piperazine rings is 1. The summed E-state index contributed by atoms with van der Waals surface area (Å²) in [5.74, 6) is 0.925. The maximum atomic E-state index is 13.4. The molecule has 2 heterocycles. The van der Waals surface area contributed by atoms with Gasteiger partial charge in [0.1, 0.15) is 5.75 Å². The van der Waals surface area contributed by atoms with Gasteiger partial charge in [0, 0.05) is 42.1 Å². The van der Waals surface area contributed by atoms with Gasteiger partial charge in [-0.2, -0.15) is 0 Å². The lowest BCUT2D eigenvalue weighted by atomic mass is 9.76. The molecule has 1 aliphatic carbocycles. The molecule has 1 fully saturated rings. The van der Waals surface area contributed by atoms with E-state index in [1.54, 1.807) is 6.07 Å². The molecule has 0 saturated carbocycles. The first-order valence-electron chi connectivity index (χ1n) is 10.6. The zero-order valence-corrected chi connectivity index (χ0v) is 18.6. The van der Waals surface area contributed by atoms with Crippen molar-refractivity contribution >= 4 is 27.5 Å². The van der Waals surface area contributed by atoms with Crippen molar-refractivity contribution in [1.29, 1.82) is 0 Å². The Labute approximate surface area is 185 Å². The fourth-order valence-corrected chi connectivity index (χ4v) is 5.44. The number of nitrogens with one attached hydrogen (secondary N) is 1. The van der Waals surface area contributed by atoms with Crippen LogP contribution in [-0.4, -0.2) is 54.0 Å². The van der Waals surface area contributed by atoms with E-state index in [-0.39, 0.29) is 23.6 Å². The van der Waals surface area contributed by atoms with Gasteiger partial charge in [-0.05, 0) is 49.2 Å². The largest absolute Gasteiger partial charge is 0.508 e. The number of para-hydroxylation sites is 1. The number of aromatic hydroxyl groups is 1. The fraction of sp³-hybridized carbons (Fsp3) is 0.375. The Morgan fingerprint density at radius 3 is 2.73 bits per heavy atom. The normalized spacial score (nSPS) is 25.5. The Balaban J connectivity index is 1.55. The SMILES string of the molecule is CN1CCN(C(=O)c2cccc3c2NC(c2cc(Br)ccc2O)C2CC=CC32)CC1. The van der Waals surface area contributed by atoms with Crippen LogP contribution in [0.3, 0.4) is 0 Å². The first-order chi connectivity index (χ1) is 14.5. The number of nitrogens with zero attached hydrogens (tertiary/aromatic N) is 2. The van der Waals surface area contributed by atoms with Crippen LogP contribution in [0.4, 0.5) is 5.69 Å². The highest BCUT2D eigenvalue weighted by molar-refractivity contribution is 9.10. The summed E-state index contributed by atoms with van der Waals surface area (Å²) in [6, 6.07) is 11.6. The van der Waals surface area contributed by atoms with E-state index in [4.69, 9.17) is 0 Å². The summed E-state index contributed by atoms with van der Waals surface area (Å²) in [6.07, 6.45) is 5.43. The molecule has 2 aromatic rings. The van der Waals surface area contributed by atoms with Crippen LogP contribution >= 0.6 is 15.9 Å². The average Bonchev–Trinajstić information content (AvgIpc) is 3.25. The van der Waals surface area contributed by atoms with E-state index in [1.807, 2.05) is 29.2 Å². The molecule has 0 aromatic heterocycles. The molecule has 5 nitrogen and oxygen atoms in total. The highest BCUT2D eigenvalue weighted by atomic mass is 79.9. The lowest BCUT2D eigenvalue weighted by Crippen LogP contribution is -2.47. The zero-order valence-electron chi connectivity index (χ0n) is 17.0. The Hall–Kier alpha value is -2.31. The number of halogens is 1. The molecule has 2 aromatic carbocycles. The number of phenolic OH excluding ortho intramolecular Hbond substituents is 1. The highest BCUT2D eigenvalue weighted by Gasteiger charge is 2.40. The molecular weight excluding hydrogens is 442 g/mol. The van der Waals surface area contributed by atoms with Gasteiger partial charge in [0.25, 0.3) is 5.91 Å². The van der Waals surface area contributed by atoms with Gasteiger partial charge in [0.15, 0.2) is 0 Å². The van der Waals surface area contributed by atoms with Crippen molar-refractivity contribution in [3.63, 3.8) is 0 Å². The van der Waals surface area contributed by atoms with Crippen LogP contribution < -0.4 is 5.32 Å². The standard InChI is InChI=1S/C24H26BrN3O2/c1-27-10-12-28(13-11-27)24(30)19-7-3-6-17-16-4-2-5-18(16)23(26-22(17)19)20-14-15(25)8-9-21(20)29/h2-4,6-9,14,16,18,23,26,29H,5,10-13H2,1H3. The first-order valence-corrected chi connectivity index (χ1v) is 11.3. The van der Waals surface area contributed by atoms with Crippen LogP contribution in [0.2, 0.25) is 0 Å². The summed E-state index contributed by atoms with van der Waals surface area (Å²) in [4.78, 5) is 17.6. The molecule has 1 saturated heterocycles. The monoisotopic (exact) mass is 467 g/mol. The second kappa shape index (κ2) is 7.75. The molecule has 0 bridgehead atoms. The number of phenols is 1. The Morgan fingerprint density at radius 1 is 1.13 bits per heavy atom. The maximum absolute atomic E-state index is 13.4. The fourth-order valence-electron chi connectivity index (χ4n) is 5.06. The molecule has 5 rings (SSSR count). The minimum atomic E-state index is -0.0589. The number of rotatable bonds is 2. The quantitative estimate of drug-likeness (QED) is 0.643. The van der Waals surface area contributed by atoms with Gasteiger partial charge in [-0.3, -0.25) is 4.79 Å². The molecule has 0 radical (unpaired) electrons. The minimum absolute atomic E-state index is 0.0589. The smallest absolute Gasteiger partial charge is 0.256 e. The number of carbonyl (C=O) groups excluding carboxylic acids is 1. The first kappa shape index (κ1) is 19.6. The van der Waals surface area contributed by atoms with Crippen molar-refractivity contribution in [3.05, 3.63) is 69.7 Å². The van der Waals surface area contributed by atoms with Gasteiger partial charge >= 0.3 is 0 Å². The number of hydrogen-bond donors (Lipinski definition) is 2. The van der Waals surface area contributed by atoms with Gasteiger partial charge in [0.05, 0.1) is 17.3 Å². The molecule has 30 heavy (non-hydrogen) atoms. The molecule has 0 spiro atoms. The van der Waals surface area contributed by atoms with Crippen molar-refractivity contribution in [2.45, 2.75) is 18.4 Å². The summed E-state index contributed by atoms with van der Waals surface area (Å²) < 4.78 is 0.937. The van der Waals surface area contributed by atoms with E-state index in [9.17, 15) is 9.90 Å². The third-order valence-electron chi connectivity index (χ3n) is 6.74. The number of allylic oxidation sites excluding steroid dienone is 2. The van der Waals surface area contributed by atoms with Crippen LogP contribution in [0.5, 0.6) is 5.75 Å². The van der Waals surface area contributed by atoms with Crippen LogP contribution in [0, 0.1) is 5.92 Å². The van der Waals surface area contributed by atoms with E-state index in [1.165, 1.54) is 5.56 Å². The lowest BCUT2D eigenvalue weighted by molar-refractivity contribution is 0.0664. The number of amides is 1. The predicted octanol–water partition coefficient (Wildman–Crippen LogP) is 4.37. The molecule has 2 aliphatic heterocycles. The van der Waals surface area contributed by atoms with E-state index in [2.05, 4.69) is 51.4 Å². The van der Waals surface area contributed by atoms with Gasteiger partial charge in [-0.25, -0.2) is 0 Å². The predicted molar refractivity (Wildman–Crippen MR) is 122 cm³/mol. The molecule has 1 amide bonds. The Kier molecular flexibility index (Phi) is 5.07. The van der Waals surface area contributed by atoms with Crippen LogP contribution in [-0.2, 0) is 0 Å². The molecule has 3 unspecified atom stereocenters. The van der Waals surface area contributed by atoms with Crippen LogP contribution in [0.25, 0.3) is 0 Å². The van der Waals surface area contributed by atoms with Gasteiger partial charge in [-0.15, -0.1) is 0 Å². The molecule has 156 valence electrons. The number of fused-ring (bicyclic) bond motifs is 3. The second-order valence-corrected chi connectivity index (χ2v) is 9.46. The van der Waals surface area contributed by atoms with Gasteiger partial charge in [-0.1, -0.05) is 40.2 Å². The Morgan fingerprint density at radius 2 is 1.93 bits per heavy atom. The van der Waals surface area contributed by atoms with Crippen LogP contribution in [0.1, 0.15) is 39.9 Å². The minimum Gasteiger partial charge on any atom is -0.508 e. The highest BCUT2D eigenvalue weighted by Crippen LogP contribution is 2.52. The van der Waals surface area contributed by atoms with Crippen LogP contribution in [0.15, 0.2) is 53.0 Å². The molecule has 3 atom stereocenters. The van der Waals surface area contributed by atoms with Gasteiger partial charge < -0.3 is 20.2 Å². The average molecular weight is 468 g/mol. The molecule has 6 heteroatoms. The Bertz CT molecular complexity index is 1010. The summed E-state index contributed by atoms with van der Waals surface area (Å²) in [5.41, 5.74) is 3.70. The number of hydrogen-bond acceptors (Lipinski definition) is 4. The van der Waals surface area contributed by atoms with Crippen molar-refractivity contribution < 1.29 is 9.90 Å². The third-order valence-corrected chi connectivity index (χ3v) is 7.24. The van der Waals surface area contributed by atoms with Crippen molar-refractivity contribution in [2.24, 2.45) is 5.92 Å². The van der Waals surface area contributed by atoms with E-state index < -0.39 is 0 Å². The van der Waals surface area contributed by atoms with Crippen molar-refractivity contribution in [2.75, 3.05) is 38.5 Å². The summed E-state index contributed by atoms with van der Waals surface area (Å²) in [7, 11) is 2.09. The lowest BCUT2D eigenvalue weighted by Gasteiger charge is -2.39. The third kappa shape index (κ3) is 3.32. The zero-order chi connectivity index (χ0) is 20.8. The summed E-state index contributed by atoms with van der Waals surface area (Å²) in [5, 5.41) is 14.3. The van der Waals surface area contributed by atoms with Crippen molar-refractivity contribution in [3.8, 4) is 5.75 Å². The van der Waals surface area contributed by atoms with E-state index in [0.717, 1.165) is 53.9 Å². The second-order valence-electron chi connectivity index (χ2n) is 8.54. The maximum Gasteiger partial charge on any atom is 0.256 e. The molecule has 3 aliphatic rings. The van der Waals surface area contributed by atoms with Gasteiger partial charge in [0.2, 0.25) is 0 Å². The van der Waals surface area contributed by atoms with Crippen molar-refractivity contribution in [1.82, 2.24) is 9.80 Å². The number of likely N-dealkylation sites (N-methyl/N-ethyl adjacent to an activating group) is 1. The number of anilines is 1. The molecular formula is C24H26BrN3O2. The number of benzene rings is 2. The number of carbonyl (C=O) groups is 1. The topological polar surface area (TPSA) is 55.8 Å². The van der Waals surface area contributed by atoms with E-state index >= 15 is 0 Å².